The Kier molecular flexibility index (Phi) is 2.63. The Morgan fingerprint density at radius 3 is 2.75 bits per heavy atom. The number of aromatic nitrogens is 3. The number of hydrogen-bond acceptors (Lipinski definition) is 3. The molecule has 0 saturated heterocycles. The summed E-state index contributed by atoms with van der Waals surface area (Å²) in [6.45, 7) is 3.67. The van der Waals surface area contributed by atoms with Gasteiger partial charge in [-0.1, -0.05) is 11.6 Å². The molecule has 0 unspecified atom stereocenters. The van der Waals surface area contributed by atoms with Gasteiger partial charge in [0.05, 0.1) is 22.0 Å². The third-order valence-electron chi connectivity index (χ3n) is 2.31. The van der Waals surface area contributed by atoms with Crippen molar-refractivity contribution in [1.29, 1.82) is 5.26 Å². The molecule has 80 valence electrons. The summed E-state index contributed by atoms with van der Waals surface area (Å²) < 4.78 is 1.59. The van der Waals surface area contributed by atoms with E-state index in [4.69, 9.17) is 16.9 Å². The SMILES string of the molecule is Cc1nn(-c2ncccc2C#N)c(C)c1Cl. The van der Waals surface area contributed by atoms with Crippen molar-refractivity contribution in [2.24, 2.45) is 0 Å². The third-order valence-corrected chi connectivity index (χ3v) is 2.86. The topological polar surface area (TPSA) is 54.5 Å². The van der Waals surface area contributed by atoms with Crippen LogP contribution >= 0.6 is 11.6 Å². The molecule has 2 heterocycles. The van der Waals surface area contributed by atoms with E-state index >= 15 is 0 Å². The molecule has 0 saturated carbocycles. The Bertz CT molecular complexity index is 580. The Balaban J connectivity index is 2.69. The maximum absolute atomic E-state index is 8.98. The van der Waals surface area contributed by atoms with E-state index < -0.39 is 0 Å². The molecular weight excluding hydrogens is 224 g/mol. The minimum Gasteiger partial charge on any atom is -0.236 e. The molecule has 0 fully saturated rings. The molecule has 2 aromatic heterocycles. The van der Waals surface area contributed by atoms with Crippen LogP contribution in [-0.4, -0.2) is 14.8 Å². The highest BCUT2D eigenvalue weighted by molar-refractivity contribution is 6.31. The highest BCUT2D eigenvalue weighted by atomic mass is 35.5. The number of pyridine rings is 1. The van der Waals surface area contributed by atoms with Gasteiger partial charge in [-0.05, 0) is 26.0 Å². The van der Waals surface area contributed by atoms with Crippen LogP contribution in [0.5, 0.6) is 0 Å². The van der Waals surface area contributed by atoms with Crippen LogP contribution in [-0.2, 0) is 0 Å². The number of hydrogen-bond donors (Lipinski definition) is 0. The first-order valence-electron chi connectivity index (χ1n) is 4.72. The number of nitriles is 1. The van der Waals surface area contributed by atoms with Gasteiger partial charge in [-0.3, -0.25) is 0 Å². The molecule has 2 aromatic rings. The van der Waals surface area contributed by atoms with Crippen molar-refractivity contribution < 1.29 is 0 Å². The minimum absolute atomic E-state index is 0.477. The molecule has 0 amide bonds. The van der Waals surface area contributed by atoms with Crippen molar-refractivity contribution >= 4 is 11.6 Å². The van der Waals surface area contributed by atoms with Gasteiger partial charge in [0, 0.05) is 6.20 Å². The Hall–Kier alpha value is -1.86. The second-order valence-corrected chi connectivity index (χ2v) is 3.76. The standard InChI is InChI=1S/C11H9ClN4/c1-7-10(12)8(2)16(15-7)11-9(6-13)4-3-5-14-11/h3-5H,1-2H3. The average molecular weight is 233 g/mol. The maximum atomic E-state index is 8.98. The molecule has 0 aliphatic heterocycles. The van der Waals surface area contributed by atoms with E-state index in [1.807, 2.05) is 13.8 Å². The number of nitrogens with zero attached hydrogens (tertiary/aromatic N) is 4. The third kappa shape index (κ3) is 1.55. The van der Waals surface area contributed by atoms with Crippen LogP contribution in [0.3, 0.4) is 0 Å². The molecule has 5 heteroatoms. The van der Waals surface area contributed by atoms with Crippen LogP contribution in [0.25, 0.3) is 5.82 Å². The zero-order valence-corrected chi connectivity index (χ0v) is 9.65. The van der Waals surface area contributed by atoms with Crippen LogP contribution in [0.15, 0.2) is 18.3 Å². The Labute approximate surface area is 98.1 Å². The van der Waals surface area contributed by atoms with E-state index in [0.29, 0.717) is 16.4 Å². The quantitative estimate of drug-likeness (QED) is 0.759. The predicted octanol–water partition coefficient (Wildman–Crippen LogP) is 2.41. The zero-order chi connectivity index (χ0) is 11.7. The summed E-state index contributed by atoms with van der Waals surface area (Å²) in [4.78, 5) is 4.15. The molecule has 4 nitrogen and oxygen atoms in total. The average Bonchev–Trinajstić information content (AvgIpc) is 2.57. The fourth-order valence-electron chi connectivity index (χ4n) is 1.48. The lowest BCUT2D eigenvalue weighted by atomic mass is 10.3. The summed E-state index contributed by atoms with van der Waals surface area (Å²) in [5, 5.41) is 13.8. The van der Waals surface area contributed by atoms with Gasteiger partial charge in [0.25, 0.3) is 0 Å². The predicted molar refractivity (Wildman–Crippen MR) is 60.6 cm³/mol. The largest absolute Gasteiger partial charge is 0.236 e. The molecule has 0 N–H and O–H groups in total. The lowest BCUT2D eigenvalue weighted by Gasteiger charge is -2.04. The smallest absolute Gasteiger partial charge is 0.171 e. The second-order valence-electron chi connectivity index (χ2n) is 3.38. The minimum atomic E-state index is 0.477. The fourth-order valence-corrected chi connectivity index (χ4v) is 1.60. The van der Waals surface area contributed by atoms with Crippen molar-refractivity contribution in [3.05, 3.63) is 40.3 Å². The van der Waals surface area contributed by atoms with Gasteiger partial charge in [0.2, 0.25) is 0 Å². The van der Waals surface area contributed by atoms with Crippen LogP contribution in [0.4, 0.5) is 0 Å². The Morgan fingerprint density at radius 2 is 2.19 bits per heavy atom. The molecule has 0 atom stereocenters. The summed E-state index contributed by atoms with van der Waals surface area (Å²) in [5.74, 6) is 0.512. The first-order chi connectivity index (χ1) is 7.65. The van der Waals surface area contributed by atoms with Gasteiger partial charge in [-0.25, -0.2) is 9.67 Å². The summed E-state index contributed by atoms with van der Waals surface area (Å²) in [6, 6.07) is 5.50. The van der Waals surface area contributed by atoms with Crippen molar-refractivity contribution in [3.63, 3.8) is 0 Å². The van der Waals surface area contributed by atoms with Gasteiger partial charge in [-0.2, -0.15) is 10.4 Å². The van der Waals surface area contributed by atoms with Crippen LogP contribution in [0.2, 0.25) is 5.02 Å². The van der Waals surface area contributed by atoms with Gasteiger partial charge < -0.3 is 0 Å². The molecule has 0 bridgehead atoms. The van der Waals surface area contributed by atoms with Crippen LogP contribution < -0.4 is 0 Å². The van der Waals surface area contributed by atoms with Gasteiger partial charge >= 0.3 is 0 Å². The van der Waals surface area contributed by atoms with Crippen molar-refractivity contribution in [1.82, 2.24) is 14.8 Å². The molecule has 0 radical (unpaired) electrons. The molecule has 16 heavy (non-hydrogen) atoms. The number of aryl methyl sites for hydroxylation is 1. The highest BCUT2D eigenvalue weighted by Crippen LogP contribution is 2.22. The number of halogens is 1. The van der Waals surface area contributed by atoms with E-state index in [-0.39, 0.29) is 0 Å². The fraction of sp³-hybridized carbons (Fsp3) is 0.182. The lowest BCUT2D eigenvalue weighted by Crippen LogP contribution is -2.04. The molecule has 2 rings (SSSR count). The zero-order valence-electron chi connectivity index (χ0n) is 8.90. The summed E-state index contributed by atoms with van der Waals surface area (Å²) in [6.07, 6.45) is 1.63. The van der Waals surface area contributed by atoms with Crippen molar-refractivity contribution in [3.8, 4) is 11.9 Å². The summed E-state index contributed by atoms with van der Waals surface area (Å²) in [5.41, 5.74) is 1.99. The van der Waals surface area contributed by atoms with Gasteiger partial charge in [0.1, 0.15) is 6.07 Å². The van der Waals surface area contributed by atoms with E-state index in [1.165, 1.54) is 0 Å². The molecule has 0 spiro atoms. The van der Waals surface area contributed by atoms with Crippen molar-refractivity contribution in [2.45, 2.75) is 13.8 Å². The van der Waals surface area contributed by atoms with E-state index in [0.717, 1.165) is 11.4 Å². The molecular formula is C11H9ClN4. The van der Waals surface area contributed by atoms with E-state index in [2.05, 4.69) is 16.2 Å². The van der Waals surface area contributed by atoms with Gasteiger partial charge in [-0.15, -0.1) is 0 Å². The van der Waals surface area contributed by atoms with E-state index in [9.17, 15) is 0 Å². The molecule has 0 aliphatic rings. The monoisotopic (exact) mass is 232 g/mol. The highest BCUT2D eigenvalue weighted by Gasteiger charge is 2.13. The second kappa shape index (κ2) is 3.95. The van der Waals surface area contributed by atoms with Gasteiger partial charge in [0.15, 0.2) is 5.82 Å². The first kappa shape index (κ1) is 10.7. The maximum Gasteiger partial charge on any atom is 0.171 e. The van der Waals surface area contributed by atoms with E-state index in [1.54, 1.807) is 23.0 Å². The summed E-state index contributed by atoms with van der Waals surface area (Å²) >= 11 is 6.05. The van der Waals surface area contributed by atoms with Crippen LogP contribution in [0.1, 0.15) is 17.0 Å². The lowest BCUT2D eigenvalue weighted by molar-refractivity contribution is 0.803. The first-order valence-corrected chi connectivity index (χ1v) is 5.10. The normalized spacial score (nSPS) is 10.1. The van der Waals surface area contributed by atoms with Crippen molar-refractivity contribution in [2.75, 3.05) is 0 Å². The summed E-state index contributed by atoms with van der Waals surface area (Å²) in [7, 11) is 0. The number of rotatable bonds is 1. The molecule has 0 aliphatic carbocycles. The Morgan fingerprint density at radius 1 is 1.44 bits per heavy atom. The van der Waals surface area contributed by atoms with Crippen LogP contribution in [0, 0.1) is 25.2 Å². The molecule has 0 aromatic carbocycles.